The minimum Gasteiger partial charge on any atom is -0.310 e. The van der Waals surface area contributed by atoms with E-state index in [1.807, 2.05) is 0 Å². The van der Waals surface area contributed by atoms with E-state index in [-0.39, 0.29) is 0 Å². The fraction of sp³-hybridized carbons (Fsp3) is 0. The Labute approximate surface area is 378 Å². The maximum absolute atomic E-state index is 2.38. The van der Waals surface area contributed by atoms with Crippen molar-refractivity contribution in [3.63, 3.8) is 0 Å². The van der Waals surface area contributed by atoms with Crippen LogP contribution in [0.2, 0.25) is 0 Å². The summed E-state index contributed by atoms with van der Waals surface area (Å²) in [6, 6.07) is 94.4. The van der Waals surface area contributed by atoms with Crippen molar-refractivity contribution in [1.29, 1.82) is 0 Å². The highest BCUT2D eigenvalue weighted by Crippen LogP contribution is 2.44. The third-order valence-corrected chi connectivity index (χ3v) is 12.7. The van der Waals surface area contributed by atoms with Gasteiger partial charge in [-0.25, -0.2) is 0 Å². The molecule has 0 fully saturated rings. The first kappa shape index (κ1) is 38.0. The van der Waals surface area contributed by atoms with Gasteiger partial charge in [0.05, 0.1) is 11.4 Å². The van der Waals surface area contributed by atoms with Crippen LogP contribution in [-0.4, -0.2) is 0 Å². The highest BCUT2D eigenvalue weighted by molar-refractivity contribution is 6.10. The van der Waals surface area contributed by atoms with Gasteiger partial charge in [-0.15, -0.1) is 0 Å². The first-order valence-electron chi connectivity index (χ1n) is 22.3. The van der Waals surface area contributed by atoms with E-state index in [0.29, 0.717) is 0 Å². The standard InChI is InChI=1S/C62H43N3/c1-4-20-50(21-5-1)63(53-34-32-47-41-55(35-33-46(47)40-53)64(51-22-6-2-7-23-51)61-28-14-18-44-16-10-12-26-59(44)61)54-36-38-57-48(42-54)30-31-49-43-56(37-39-58(49)57)65(52-24-8-3-9-25-52)62-29-15-19-45-17-11-13-27-60(45)62/h1-43H. The molecule has 0 unspecified atom stereocenters. The van der Waals surface area contributed by atoms with E-state index in [4.69, 9.17) is 0 Å². The molecular formula is C62H43N3. The Hall–Kier alpha value is -8.66. The molecule has 0 aliphatic heterocycles. The molecule has 0 saturated heterocycles. The van der Waals surface area contributed by atoms with Crippen molar-refractivity contribution in [2.24, 2.45) is 0 Å². The molecule has 0 aliphatic rings. The van der Waals surface area contributed by atoms with Crippen LogP contribution in [0.1, 0.15) is 0 Å². The molecule has 3 heteroatoms. The fourth-order valence-corrected chi connectivity index (χ4v) is 9.66. The van der Waals surface area contributed by atoms with E-state index in [0.717, 1.165) is 51.2 Å². The van der Waals surface area contributed by atoms with E-state index in [2.05, 4.69) is 276 Å². The first-order valence-corrected chi connectivity index (χ1v) is 22.3. The Balaban J connectivity index is 0.928. The lowest BCUT2D eigenvalue weighted by Crippen LogP contribution is -2.11. The first-order chi connectivity index (χ1) is 32.2. The Kier molecular flexibility index (Phi) is 9.50. The van der Waals surface area contributed by atoms with Crippen LogP contribution < -0.4 is 14.7 Å². The maximum atomic E-state index is 2.38. The van der Waals surface area contributed by atoms with E-state index in [9.17, 15) is 0 Å². The fourth-order valence-electron chi connectivity index (χ4n) is 9.66. The molecule has 0 N–H and O–H groups in total. The predicted octanol–water partition coefficient (Wildman–Crippen LogP) is 17.9. The molecule has 0 amide bonds. The van der Waals surface area contributed by atoms with Crippen LogP contribution >= 0.6 is 0 Å². The van der Waals surface area contributed by atoms with Crippen LogP contribution in [0.3, 0.4) is 0 Å². The summed E-state index contributed by atoms with van der Waals surface area (Å²) in [5.41, 5.74) is 10.1. The number of nitrogens with zero attached hydrogens (tertiary/aromatic N) is 3. The van der Waals surface area contributed by atoms with E-state index >= 15 is 0 Å². The van der Waals surface area contributed by atoms with Gasteiger partial charge in [0.15, 0.2) is 0 Å². The largest absolute Gasteiger partial charge is 0.310 e. The highest BCUT2D eigenvalue weighted by Gasteiger charge is 2.19. The second kappa shape index (κ2) is 16.2. The molecular weight excluding hydrogens is 787 g/mol. The number of para-hydroxylation sites is 3. The molecule has 0 atom stereocenters. The smallest absolute Gasteiger partial charge is 0.0540 e. The van der Waals surface area contributed by atoms with Crippen molar-refractivity contribution in [3.8, 4) is 0 Å². The van der Waals surface area contributed by atoms with Crippen LogP contribution in [-0.2, 0) is 0 Å². The molecule has 12 aromatic carbocycles. The molecule has 65 heavy (non-hydrogen) atoms. The van der Waals surface area contributed by atoms with Crippen molar-refractivity contribution < 1.29 is 0 Å². The molecule has 0 heterocycles. The van der Waals surface area contributed by atoms with Crippen LogP contribution in [0.15, 0.2) is 261 Å². The average molecular weight is 830 g/mol. The molecule has 0 bridgehead atoms. The summed E-state index contributed by atoms with van der Waals surface area (Å²) < 4.78 is 0. The summed E-state index contributed by atoms with van der Waals surface area (Å²) in [7, 11) is 0. The van der Waals surface area contributed by atoms with Crippen molar-refractivity contribution in [2.45, 2.75) is 0 Å². The highest BCUT2D eigenvalue weighted by atomic mass is 15.2. The summed E-state index contributed by atoms with van der Waals surface area (Å²) in [4.78, 5) is 7.12. The molecule has 12 rings (SSSR count). The zero-order valence-corrected chi connectivity index (χ0v) is 35.7. The van der Waals surface area contributed by atoms with Gasteiger partial charge in [0, 0.05) is 50.6 Å². The summed E-state index contributed by atoms with van der Waals surface area (Å²) in [5, 5.41) is 12.1. The molecule has 0 aromatic heterocycles. The number of hydrogen-bond donors (Lipinski definition) is 0. The van der Waals surface area contributed by atoms with Gasteiger partial charge in [-0.3, -0.25) is 0 Å². The van der Waals surface area contributed by atoms with Gasteiger partial charge >= 0.3 is 0 Å². The summed E-state index contributed by atoms with van der Waals surface area (Å²) in [6.45, 7) is 0. The summed E-state index contributed by atoms with van der Waals surface area (Å²) in [5.74, 6) is 0. The lowest BCUT2D eigenvalue weighted by atomic mass is 9.99. The van der Waals surface area contributed by atoms with Gasteiger partial charge in [0.2, 0.25) is 0 Å². The molecule has 0 radical (unpaired) electrons. The lowest BCUT2D eigenvalue weighted by molar-refractivity contribution is 1.29. The van der Waals surface area contributed by atoms with Gasteiger partial charge < -0.3 is 14.7 Å². The zero-order valence-electron chi connectivity index (χ0n) is 35.7. The molecule has 0 spiro atoms. The maximum Gasteiger partial charge on any atom is 0.0540 e. The second-order valence-electron chi connectivity index (χ2n) is 16.6. The Morgan fingerprint density at radius 2 is 0.492 bits per heavy atom. The van der Waals surface area contributed by atoms with Crippen LogP contribution in [0.5, 0.6) is 0 Å². The van der Waals surface area contributed by atoms with Gasteiger partial charge in [-0.05, 0) is 140 Å². The molecule has 0 saturated carbocycles. The predicted molar refractivity (Wildman–Crippen MR) is 278 cm³/mol. The molecule has 0 aliphatic carbocycles. The second-order valence-corrected chi connectivity index (χ2v) is 16.6. The number of rotatable bonds is 9. The van der Waals surface area contributed by atoms with Gasteiger partial charge in [0.1, 0.15) is 0 Å². The van der Waals surface area contributed by atoms with Crippen molar-refractivity contribution in [1.82, 2.24) is 0 Å². The topological polar surface area (TPSA) is 9.72 Å². The SMILES string of the molecule is c1ccc(N(c2ccc3cc(N(c4ccccc4)c4cccc5ccccc45)ccc3c2)c2ccc3c(ccc4cc(N(c5ccccc5)c5cccc6ccccc56)ccc43)c2)cc1. The Morgan fingerprint density at radius 3 is 0.938 bits per heavy atom. The summed E-state index contributed by atoms with van der Waals surface area (Å²) >= 11 is 0. The van der Waals surface area contributed by atoms with E-state index in [1.54, 1.807) is 0 Å². The molecule has 3 nitrogen and oxygen atoms in total. The third-order valence-electron chi connectivity index (χ3n) is 12.7. The number of benzene rings is 12. The van der Waals surface area contributed by atoms with Crippen LogP contribution in [0.4, 0.5) is 51.2 Å². The monoisotopic (exact) mass is 829 g/mol. The normalized spacial score (nSPS) is 11.4. The van der Waals surface area contributed by atoms with Crippen molar-refractivity contribution in [3.05, 3.63) is 261 Å². The van der Waals surface area contributed by atoms with Crippen LogP contribution in [0.25, 0.3) is 53.9 Å². The number of fused-ring (bicyclic) bond motifs is 6. The van der Waals surface area contributed by atoms with Gasteiger partial charge in [0.25, 0.3) is 0 Å². The summed E-state index contributed by atoms with van der Waals surface area (Å²) in [6.07, 6.45) is 0. The lowest BCUT2D eigenvalue weighted by Gasteiger charge is -2.28. The Morgan fingerprint density at radius 1 is 0.169 bits per heavy atom. The number of anilines is 9. The van der Waals surface area contributed by atoms with E-state index in [1.165, 1.54) is 53.9 Å². The van der Waals surface area contributed by atoms with E-state index < -0.39 is 0 Å². The van der Waals surface area contributed by atoms with Crippen LogP contribution in [0, 0.1) is 0 Å². The minimum absolute atomic E-state index is 1.10. The van der Waals surface area contributed by atoms with Crippen molar-refractivity contribution >= 4 is 105 Å². The van der Waals surface area contributed by atoms with Gasteiger partial charge in [-0.1, -0.05) is 164 Å². The average Bonchev–Trinajstić information content (AvgIpc) is 3.37. The third kappa shape index (κ3) is 6.97. The van der Waals surface area contributed by atoms with Crippen molar-refractivity contribution in [2.75, 3.05) is 14.7 Å². The zero-order chi connectivity index (χ0) is 43.1. The number of hydrogen-bond acceptors (Lipinski definition) is 3. The molecule has 12 aromatic rings. The molecule has 306 valence electrons. The Bertz CT molecular complexity index is 3670. The quantitative estimate of drug-likeness (QED) is 0.134. The van der Waals surface area contributed by atoms with Gasteiger partial charge in [-0.2, -0.15) is 0 Å². The minimum atomic E-state index is 1.10.